The predicted octanol–water partition coefficient (Wildman–Crippen LogP) is 4.31. The number of anilines is 1. The molecular formula is C14H16BrFN2S. The lowest BCUT2D eigenvalue weighted by atomic mass is 10.0. The van der Waals surface area contributed by atoms with E-state index in [0.717, 1.165) is 16.0 Å². The molecule has 5 heteroatoms. The Bertz CT molecular complexity index is 568. The molecule has 0 amide bonds. The van der Waals surface area contributed by atoms with E-state index in [1.165, 1.54) is 11.6 Å². The fourth-order valence-electron chi connectivity index (χ4n) is 2.10. The summed E-state index contributed by atoms with van der Waals surface area (Å²) in [5, 5.41) is 2.09. The van der Waals surface area contributed by atoms with Gasteiger partial charge in [0.15, 0.2) is 0 Å². The van der Waals surface area contributed by atoms with Crippen molar-refractivity contribution in [2.24, 2.45) is 5.73 Å². The van der Waals surface area contributed by atoms with Gasteiger partial charge in [0.1, 0.15) is 5.82 Å². The molecule has 102 valence electrons. The summed E-state index contributed by atoms with van der Waals surface area (Å²) in [4.78, 5) is 2.02. The van der Waals surface area contributed by atoms with Crippen molar-refractivity contribution in [2.75, 3.05) is 11.9 Å². The van der Waals surface area contributed by atoms with E-state index in [9.17, 15) is 4.39 Å². The van der Waals surface area contributed by atoms with Crippen molar-refractivity contribution in [3.8, 4) is 0 Å². The number of thiophene rings is 1. The van der Waals surface area contributed by atoms with E-state index >= 15 is 0 Å². The maximum absolute atomic E-state index is 13.9. The average molecular weight is 343 g/mol. The predicted molar refractivity (Wildman–Crippen MR) is 83.1 cm³/mol. The molecule has 0 aliphatic rings. The van der Waals surface area contributed by atoms with Crippen LogP contribution in [0.2, 0.25) is 0 Å². The first-order valence-electron chi connectivity index (χ1n) is 5.97. The van der Waals surface area contributed by atoms with Crippen molar-refractivity contribution in [2.45, 2.75) is 19.5 Å². The summed E-state index contributed by atoms with van der Waals surface area (Å²) in [5.74, 6) is -0.245. The van der Waals surface area contributed by atoms with Crippen LogP contribution in [0.5, 0.6) is 0 Å². The zero-order valence-electron chi connectivity index (χ0n) is 10.9. The molecule has 1 heterocycles. The number of halogens is 2. The highest BCUT2D eigenvalue weighted by Crippen LogP contribution is 2.29. The van der Waals surface area contributed by atoms with E-state index in [-0.39, 0.29) is 11.9 Å². The van der Waals surface area contributed by atoms with Crippen molar-refractivity contribution in [3.05, 3.63) is 50.4 Å². The fourth-order valence-corrected chi connectivity index (χ4v) is 3.30. The Morgan fingerprint density at radius 2 is 2.21 bits per heavy atom. The number of benzene rings is 1. The fraction of sp³-hybridized carbons (Fsp3) is 0.286. The van der Waals surface area contributed by atoms with Crippen LogP contribution >= 0.6 is 27.3 Å². The lowest BCUT2D eigenvalue weighted by Crippen LogP contribution is -2.20. The normalized spacial score (nSPS) is 12.5. The quantitative estimate of drug-likeness (QED) is 0.897. The molecule has 0 bridgehead atoms. The van der Waals surface area contributed by atoms with Gasteiger partial charge in [-0.3, -0.25) is 0 Å². The molecule has 0 radical (unpaired) electrons. The van der Waals surface area contributed by atoms with Crippen molar-refractivity contribution in [3.63, 3.8) is 0 Å². The Morgan fingerprint density at radius 3 is 2.79 bits per heavy atom. The average Bonchev–Trinajstić information content (AvgIpc) is 2.73. The topological polar surface area (TPSA) is 29.3 Å². The van der Waals surface area contributed by atoms with Crippen LogP contribution in [0.4, 0.5) is 10.1 Å². The number of hydrogen-bond donors (Lipinski definition) is 1. The standard InChI is InChI=1S/C14H16BrFN2S/c1-9(17)14-11(16)4-3-5-12(14)18(2)7-10-6-13(15)19-8-10/h3-6,8-9H,7,17H2,1-2H3/t9-/m0/s1. The van der Waals surface area contributed by atoms with E-state index in [4.69, 9.17) is 5.73 Å². The number of hydrogen-bond acceptors (Lipinski definition) is 3. The van der Waals surface area contributed by atoms with E-state index in [1.54, 1.807) is 24.3 Å². The van der Waals surface area contributed by atoms with Gasteiger partial charge >= 0.3 is 0 Å². The van der Waals surface area contributed by atoms with E-state index in [0.29, 0.717) is 5.56 Å². The Balaban J connectivity index is 2.28. The van der Waals surface area contributed by atoms with Crippen LogP contribution in [0.3, 0.4) is 0 Å². The minimum Gasteiger partial charge on any atom is -0.370 e. The molecule has 2 aromatic rings. The summed E-state index contributed by atoms with van der Waals surface area (Å²) in [6.07, 6.45) is 0. The maximum atomic E-state index is 13.9. The van der Waals surface area contributed by atoms with Crippen LogP contribution in [-0.4, -0.2) is 7.05 Å². The van der Waals surface area contributed by atoms with Crippen LogP contribution in [0.25, 0.3) is 0 Å². The monoisotopic (exact) mass is 342 g/mol. The van der Waals surface area contributed by atoms with Crippen molar-refractivity contribution >= 4 is 33.0 Å². The highest BCUT2D eigenvalue weighted by molar-refractivity contribution is 9.11. The van der Waals surface area contributed by atoms with Crippen molar-refractivity contribution in [1.29, 1.82) is 0 Å². The summed E-state index contributed by atoms with van der Waals surface area (Å²) >= 11 is 5.09. The Kier molecular flexibility index (Phi) is 4.60. The van der Waals surface area contributed by atoms with Crippen molar-refractivity contribution in [1.82, 2.24) is 0 Å². The molecule has 1 aromatic carbocycles. The third kappa shape index (κ3) is 3.35. The van der Waals surface area contributed by atoms with Gasteiger partial charge in [-0.15, -0.1) is 11.3 Å². The minimum atomic E-state index is -0.326. The zero-order valence-corrected chi connectivity index (χ0v) is 13.3. The highest BCUT2D eigenvalue weighted by Gasteiger charge is 2.15. The second-order valence-corrected chi connectivity index (χ2v) is 6.87. The maximum Gasteiger partial charge on any atom is 0.130 e. The van der Waals surface area contributed by atoms with Gasteiger partial charge in [0.2, 0.25) is 0 Å². The third-order valence-electron chi connectivity index (χ3n) is 2.94. The molecule has 0 spiro atoms. The Hall–Kier alpha value is -0.910. The summed E-state index contributed by atoms with van der Waals surface area (Å²) in [5.41, 5.74) is 8.49. The molecule has 2 N–H and O–H groups in total. The second kappa shape index (κ2) is 6.03. The molecule has 0 saturated carbocycles. The molecule has 1 atom stereocenters. The summed E-state index contributed by atoms with van der Waals surface area (Å²) in [7, 11) is 1.95. The first-order valence-corrected chi connectivity index (χ1v) is 7.64. The second-order valence-electron chi connectivity index (χ2n) is 4.58. The van der Waals surface area contributed by atoms with Gasteiger partial charge in [0.25, 0.3) is 0 Å². The Labute approximate surface area is 125 Å². The van der Waals surface area contributed by atoms with E-state index in [1.807, 2.05) is 18.0 Å². The largest absolute Gasteiger partial charge is 0.370 e. The van der Waals surface area contributed by atoms with Gasteiger partial charge in [-0.25, -0.2) is 4.39 Å². The SMILES string of the molecule is C[C@H](N)c1c(F)cccc1N(C)Cc1csc(Br)c1. The molecule has 1 aromatic heterocycles. The van der Waals surface area contributed by atoms with E-state index in [2.05, 4.69) is 27.4 Å². The third-order valence-corrected chi connectivity index (χ3v) is 4.49. The van der Waals surface area contributed by atoms with Gasteiger partial charge < -0.3 is 10.6 Å². The van der Waals surface area contributed by atoms with Crippen LogP contribution in [0.15, 0.2) is 33.4 Å². The van der Waals surface area contributed by atoms with Gasteiger partial charge in [-0.2, -0.15) is 0 Å². The molecule has 2 rings (SSSR count). The number of nitrogens with zero attached hydrogens (tertiary/aromatic N) is 1. The van der Waals surface area contributed by atoms with Crippen LogP contribution in [0, 0.1) is 5.82 Å². The lowest BCUT2D eigenvalue weighted by Gasteiger charge is -2.24. The smallest absolute Gasteiger partial charge is 0.130 e. The highest BCUT2D eigenvalue weighted by atomic mass is 79.9. The number of rotatable bonds is 4. The first-order chi connectivity index (χ1) is 8.99. The molecule has 0 saturated heterocycles. The molecule has 0 fully saturated rings. The zero-order chi connectivity index (χ0) is 14.0. The van der Waals surface area contributed by atoms with Gasteiger partial charge in [0.05, 0.1) is 3.79 Å². The molecule has 0 aliphatic heterocycles. The summed E-state index contributed by atoms with van der Waals surface area (Å²) in [6, 6.07) is 6.83. The minimum absolute atomic E-state index is 0.245. The van der Waals surface area contributed by atoms with Gasteiger partial charge in [-0.1, -0.05) is 6.07 Å². The first kappa shape index (κ1) is 14.5. The molecule has 2 nitrogen and oxygen atoms in total. The van der Waals surface area contributed by atoms with Gasteiger partial charge in [-0.05, 0) is 52.0 Å². The van der Waals surface area contributed by atoms with Crippen LogP contribution < -0.4 is 10.6 Å². The summed E-state index contributed by atoms with van der Waals surface area (Å²) in [6.45, 7) is 2.53. The van der Waals surface area contributed by atoms with Crippen LogP contribution in [-0.2, 0) is 6.54 Å². The molecule has 19 heavy (non-hydrogen) atoms. The lowest BCUT2D eigenvalue weighted by molar-refractivity contribution is 0.592. The molecule has 0 unspecified atom stereocenters. The number of nitrogens with two attached hydrogens (primary N) is 1. The van der Waals surface area contributed by atoms with Gasteiger partial charge in [0, 0.05) is 30.9 Å². The van der Waals surface area contributed by atoms with Crippen molar-refractivity contribution < 1.29 is 4.39 Å². The molecule has 0 aliphatic carbocycles. The summed E-state index contributed by atoms with van der Waals surface area (Å²) < 4.78 is 15.0. The van der Waals surface area contributed by atoms with Crippen LogP contribution in [0.1, 0.15) is 24.1 Å². The Morgan fingerprint density at radius 1 is 1.47 bits per heavy atom. The molecular weight excluding hydrogens is 327 g/mol. The van der Waals surface area contributed by atoms with E-state index < -0.39 is 0 Å².